The predicted molar refractivity (Wildman–Crippen MR) is 114 cm³/mol. The highest BCUT2D eigenvalue weighted by atomic mass is 35.5. The van der Waals surface area contributed by atoms with E-state index in [9.17, 15) is 9.18 Å². The summed E-state index contributed by atoms with van der Waals surface area (Å²) in [6, 6.07) is 20.9. The van der Waals surface area contributed by atoms with Gasteiger partial charge in [0.05, 0.1) is 23.4 Å². The highest BCUT2D eigenvalue weighted by Gasteiger charge is 2.25. The van der Waals surface area contributed by atoms with Crippen molar-refractivity contribution in [2.24, 2.45) is 0 Å². The van der Waals surface area contributed by atoms with E-state index in [4.69, 9.17) is 21.3 Å². The number of carbonyl (C=O) groups is 1. The van der Waals surface area contributed by atoms with Crippen molar-refractivity contribution >= 4 is 28.5 Å². The van der Waals surface area contributed by atoms with Crippen LogP contribution in [0.1, 0.15) is 17.3 Å². The molecule has 0 N–H and O–H groups in total. The third-order valence-electron chi connectivity index (χ3n) is 4.62. The number of hydrogen-bond donors (Lipinski definition) is 0. The highest BCUT2D eigenvalue weighted by Crippen LogP contribution is 2.39. The van der Waals surface area contributed by atoms with Crippen molar-refractivity contribution in [3.8, 4) is 22.4 Å². The number of benzene rings is 3. The Bertz CT molecular complexity index is 1210. The lowest BCUT2D eigenvalue weighted by atomic mass is 9.91. The third-order valence-corrected chi connectivity index (χ3v) is 4.85. The monoisotopic (exact) mass is 405 g/mol. The maximum Gasteiger partial charge on any atom is 0.341 e. The van der Waals surface area contributed by atoms with E-state index in [0.717, 1.165) is 5.56 Å². The number of aromatic nitrogens is 1. The zero-order valence-corrected chi connectivity index (χ0v) is 16.4. The average Bonchev–Trinajstić information content (AvgIpc) is 2.74. The minimum Gasteiger partial charge on any atom is -0.462 e. The fourth-order valence-corrected chi connectivity index (χ4v) is 3.56. The van der Waals surface area contributed by atoms with E-state index >= 15 is 0 Å². The van der Waals surface area contributed by atoms with Gasteiger partial charge < -0.3 is 4.74 Å². The number of esters is 1. The van der Waals surface area contributed by atoms with Crippen molar-refractivity contribution in [3.05, 3.63) is 89.2 Å². The van der Waals surface area contributed by atoms with Crippen LogP contribution in [-0.4, -0.2) is 17.6 Å². The van der Waals surface area contributed by atoms with Crippen LogP contribution >= 0.6 is 11.6 Å². The Morgan fingerprint density at radius 3 is 2.48 bits per heavy atom. The van der Waals surface area contributed by atoms with E-state index in [1.54, 1.807) is 43.3 Å². The fraction of sp³-hybridized carbons (Fsp3) is 0.0833. The highest BCUT2D eigenvalue weighted by molar-refractivity contribution is 6.31. The summed E-state index contributed by atoms with van der Waals surface area (Å²) in [7, 11) is 0. The number of fused-ring (bicyclic) bond motifs is 1. The van der Waals surface area contributed by atoms with Gasteiger partial charge >= 0.3 is 5.97 Å². The maximum absolute atomic E-state index is 14.9. The van der Waals surface area contributed by atoms with Crippen LogP contribution in [0.5, 0.6) is 0 Å². The standard InChI is InChI=1S/C24H17ClFNO2/c1-2-29-24(28)22-21(17-10-6-7-11-19(17)26)18-14-16(25)12-13-20(18)27-23(22)15-8-4-3-5-9-15/h3-14H,2H2,1H3. The van der Waals surface area contributed by atoms with Gasteiger partial charge in [0.1, 0.15) is 5.82 Å². The molecule has 0 aliphatic heterocycles. The Hall–Kier alpha value is -3.24. The Balaban J connectivity index is 2.19. The second kappa shape index (κ2) is 8.02. The van der Waals surface area contributed by atoms with E-state index in [-0.39, 0.29) is 12.2 Å². The molecule has 0 atom stereocenters. The van der Waals surface area contributed by atoms with Gasteiger partial charge in [0, 0.05) is 27.1 Å². The zero-order valence-electron chi connectivity index (χ0n) is 15.7. The summed E-state index contributed by atoms with van der Waals surface area (Å²) in [6.07, 6.45) is 0. The lowest BCUT2D eigenvalue weighted by molar-refractivity contribution is 0.0528. The largest absolute Gasteiger partial charge is 0.462 e. The van der Waals surface area contributed by atoms with Crippen LogP contribution < -0.4 is 0 Å². The third kappa shape index (κ3) is 3.59. The second-order valence-electron chi connectivity index (χ2n) is 6.44. The first-order valence-electron chi connectivity index (χ1n) is 9.21. The SMILES string of the molecule is CCOC(=O)c1c(-c2ccccc2)nc2ccc(Cl)cc2c1-c1ccccc1F. The van der Waals surface area contributed by atoms with Gasteiger partial charge in [-0.1, -0.05) is 60.1 Å². The van der Waals surface area contributed by atoms with Gasteiger partial charge in [0.15, 0.2) is 0 Å². The number of pyridine rings is 1. The van der Waals surface area contributed by atoms with Gasteiger partial charge in [0.25, 0.3) is 0 Å². The lowest BCUT2D eigenvalue weighted by Crippen LogP contribution is -2.11. The molecule has 1 heterocycles. The molecule has 3 aromatic carbocycles. The van der Waals surface area contributed by atoms with Gasteiger partial charge in [-0.2, -0.15) is 0 Å². The van der Waals surface area contributed by atoms with Crippen LogP contribution in [0.15, 0.2) is 72.8 Å². The van der Waals surface area contributed by atoms with Crippen molar-refractivity contribution in [3.63, 3.8) is 0 Å². The lowest BCUT2D eigenvalue weighted by Gasteiger charge is -2.17. The van der Waals surface area contributed by atoms with Gasteiger partial charge in [-0.3, -0.25) is 0 Å². The molecule has 1 aromatic heterocycles. The summed E-state index contributed by atoms with van der Waals surface area (Å²) < 4.78 is 20.2. The molecular weight excluding hydrogens is 389 g/mol. The van der Waals surface area contributed by atoms with Crippen molar-refractivity contribution in [2.75, 3.05) is 6.61 Å². The van der Waals surface area contributed by atoms with Gasteiger partial charge in [0.2, 0.25) is 0 Å². The van der Waals surface area contributed by atoms with E-state index in [1.807, 2.05) is 30.3 Å². The molecule has 0 spiro atoms. The van der Waals surface area contributed by atoms with Gasteiger partial charge in [-0.15, -0.1) is 0 Å². The van der Waals surface area contributed by atoms with Crippen LogP contribution in [0, 0.1) is 5.82 Å². The quantitative estimate of drug-likeness (QED) is 0.362. The number of ether oxygens (including phenoxy) is 1. The Morgan fingerprint density at radius 1 is 1.03 bits per heavy atom. The molecule has 144 valence electrons. The van der Waals surface area contributed by atoms with Crippen molar-refractivity contribution in [1.82, 2.24) is 4.98 Å². The zero-order chi connectivity index (χ0) is 20.4. The number of rotatable bonds is 4. The molecule has 0 unspecified atom stereocenters. The maximum atomic E-state index is 14.9. The van der Waals surface area contributed by atoms with Gasteiger partial charge in [-0.05, 0) is 31.2 Å². The summed E-state index contributed by atoms with van der Waals surface area (Å²) in [4.78, 5) is 17.8. The average molecular weight is 406 g/mol. The van der Waals surface area contributed by atoms with Crippen LogP contribution in [0.3, 0.4) is 0 Å². The first-order valence-corrected chi connectivity index (χ1v) is 9.58. The van der Waals surface area contributed by atoms with Crippen LogP contribution in [0.2, 0.25) is 5.02 Å². The van der Waals surface area contributed by atoms with Crippen LogP contribution in [0.4, 0.5) is 4.39 Å². The molecule has 0 fully saturated rings. The molecule has 4 rings (SSSR count). The molecule has 0 amide bonds. The first-order chi connectivity index (χ1) is 14.1. The summed E-state index contributed by atoms with van der Waals surface area (Å²) in [5.41, 5.74) is 2.73. The molecular formula is C24H17ClFNO2. The molecule has 3 nitrogen and oxygen atoms in total. The smallest absolute Gasteiger partial charge is 0.341 e. The molecule has 0 aliphatic rings. The molecule has 29 heavy (non-hydrogen) atoms. The summed E-state index contributed by atoms with van der Waals surface area (Å²) >= 11 is 6.23. The second-order valence-corrected chi connectivity index (χ2v) is 6.87. The summed E-state index contributed by atoms with van der Waals surface area (Å²) in [5.74, 6) is -0.997. The molecule has 5 heteroatoms. The first kappa shape index (κ1) is 19.1. The summed E-state index contributed by atoms with van der Waals surface area (Å²) in [5, 5.41) is 1.06. The molecule has 0 aliphatic carbocycles. The van der Waals surface area contributed by atoms with Gasteiger partial charge in [-0.25, -0.2) is 14.2 Å². The Kier molecular flexibility index (Phi) is 5.28. The number of halogens is 2. The minimum absolute atomic E-state index is 0.192. The minimum atomic E-state index is -0.556. The molecule has 0 saturated carbocycles. The molecule has 0 saturated heterocycles. The predicted octanol–water partition coefficient (Wildman–Crippen LogP) is 6.54. The van der Waals surface area contributed by atoms with Crippen molar-refractivity contribution in [1.29, 1.82) is 0 Å². The molecule has 0 radical (unpaired) electrons. The topological polar surface area (TPSA) is 39.2 Å². The van der Waals surface area contributed by atoms with Crippen molar-refractivity contribution < 1.29 is 13.9 Å². The van der Waals surface area contributed by atoms with E-state index in [0.29, 0.717) is 32.7 Å². The fourth-order valence-electron chi connectivity index (χ4n) is 3.39. The Labute approximate surface area is 172 Å². The number of carbonyl (C=O) groups excluding carboxylic acids is 1. The van der Waals surface area contributed by atoms with E-state index in [1.165, 1.54) is 6.07 Å². The number of nitrogens with zero attached hydrogens (tertiary/aromatic N) is 1. The van der Waals surface area contributed by atoms with E-state index in [2.05, 4.69) is 0 Å². The van der Waals surface area contributed by atoms with Crippen LogP contribution in [-0.2, 0) is 4.74 Å². The van der Waals surface area contributed by atoms with E-state index < -0.39 is 11.8 Å². The normalized spacial score (nSPS) is 10.9. The van der Waals surface area contributed by atoms with Crippen molar-refractivity contribution in [2.45, 2.75) is 6.92 Å². The molecule has 4 aromatic rings. The van der Waals surface area contributed by atoms with Crippen LogP contribution in [0.25, 0.3) is 33.3 Å². The number of hydrogen-bond acceptors (Lipinski definition) is 3. The molecule has 0 bridgehead atoms. The Morgan fingerprint density at radius 2 is 1.76 bits per heavy atom. The summed E-state index contributed by atoms with van der Waals surface area (Å²) in [6.45, 7) is 1.92.